The minimum absolute atomic E-state index is 0.118. The Morgan fingerprint density at radius 1 is 1.47 bits per heavy atom. The van der Waals surface area contributed by atoms with Gasteiger partial charge in [0.25, 0.3) is 5.89 Å². The fraction of sp³-hybridized carbons (Fsp3) is 0.200. The first-order valence-electron chi connectivity index (χ1n) is 4.85. The van der Waals surface area contributed by atoms with Gasteiger partial charge in [-0.25, -0.2) is 4.79 Å². The van der Waals surface area contributed by atoms with Gasteiger partial charge in [0.1, 0.15) is 5.69 Å². The molecule has 2 rings (SSSR count). The van der Waals surface area contributed by atoms with Crippen molar-refractivity contribution in [1.82, 2.24) is 20.5 Å². The number of aromatic nitrogens is 3. The van der Waals surface area contributed by atoms with Crippen molar-refractivity contribution in [2.24, 2.45) is 0 Å². The van der Waals surface area contributed by atoms with Crippen LogP contribution < -0.4 is 5.32 Å². The number of hydrogen-bond acceptors (Lipinski definition) is 6. The maximum Gasteiger partial charge on any atom is 0.407 e. The summed E-state index contributed by atoms with van der Waals surface area (Å²) in [6.45, 7) is 0.118. The molecule has 2 heterocycles. The summed E-state index contributed by atoms with van der Waals surface area (Å²) in [5.74, 6) is 0.600. The molecule has 1 N–H and O–H groups in total. The molecule has 0 saturated heterocycles. The molecule has 0 spiro atoms. The molecule has 0 bridgehead atoms. The summed E-state index contributed by atoms with van der Waals surface area (Å²) in [6, 6.07) is 5.36. The molecule has 0 unspecified atom stereocenters. The molecule has 2 aromatic rings. The molecular formula is C10H10N4O3. The molecule has 1 amide bonds. The number of rotatable bonds is 3. The van der Waals surface area contributed by atoms with Crippen molar-refractivity contribution in [2.75, 3.05) is 7.11 Å². The summed E-state index contributed by atoms with van der Waals surface area (Å²) in [4.78, 5) is 14.9. The summed E-state index contributed by atoms with van der Waals surface area (Å²) in [7, 11) is 1.28. The Morgan fingerprint density at radius 3 is 3.06 bits per heavy atom. The number of ether oxygens (including phenoxy) is 1. The normalized spacial score (nSPS) is 9.94. The largest absolute Gasteiger partial charge is 0.453 e. The van der Waals surface area contributed by atoms with Crippen LogP contribution in [0.2, 0.25) is 0 Å². The van der Waals surface area contributed by atoms with Crippen LogP contribution in [0, 0.1) is 0 Å². The third kappa shape index (κ3) is 2.77. The Morgan fingerprint density at radius 2 is 2.35 bits per heavy atom. The molecule has 7 nitrogen and oxygen atoms in total. The minimum atomic E-state index is -0.553. The van der Waals surface area contributed by atoms with Gasteiger partial charge in [0.15, 0.2) is 0 Å². The zero-order valence-electron chi connectivity index (χ0n) is 9.08. The summed E-state index contributed by atoms with van der Waals surface area (Å²) in [5, 5.41) is 10.0. The van der Waals surface area contributed by atoms with E-state index in [-0.39, 0.29) is 12.4 Å². The Hall–Kier alpha value is -2.44. The summed E-state index contributed by atoms with van der Waals surface area (Å²) in [6.07, 6.45) is 1.08. The lowest BCUT2D eigenvalue weighted by atomic mass is 10.3. The molecule has 17 heavy (non-hydrogen) atoms. The molecule has 2 aromatic heterocycles. The molecule has 0 saturated carbocycles. The van der Waals surface area contributed by atoms with Crippen molar-refractivity contribution < 1.29 is 13.9 Å². The lowest BCUT2D eigenvalue weighted by Gasteiger charge is -1.98. The average Bonchev–Trinajstić information content (AvgIpc) is 2.86. The number of nitrogens with zero attached hydrogens (tertiary/aromatic N) is 3. The van der Waals surface area contributed by atoms with Gasteiger partial charge in [-0.05, 0) is 12.1 Å². The smallest absolute Gasteiger partial charge is 0.407 e. The predicted octanol–water partition coefficient (Wildman–Crippen LogP) is 0.988. The van der Waals surface area contributed by atoms with Crippen LogP contribution in [0.5, 0.6) is 0 Å². The van der Waals surface area contributed by atoms with E-state index in [0.29, 0.717) is 11.6 Å². The van der Waals surface area contributed by atoms with Gasteiger partial charge in [0, 0.05) is 6.20 Å². The monoisotopic (exact) mass is 234 g/mol. The SMILES string of the molecule is COC(=O)NCc1nnc(-c2ccccn2)o1. The molecule has 0 atom stereocenters. The first kappa shape index (κ1) is 11.1. The highest BCUT2D eigenvalue weighted by Crippen LogP contribution is 2.13. The van der Waals surface area contributed by atoms with E-state index >= 15 is 0 Å². The van der Waals surface area contributed by atoms with Gasteiger partial charge < -0.3 is 14.5 Å². The van der Waals surface area contributed by atoms with Crippen molar-refractivity contribution in [1.29, 1.82) is 0 Å². The predicted molar refractivity (Wildman–Crippen MR) is 56.8 cm³/mol. The van der Waals surface area contributed by atoms with E-state index in [1.54, 1.807) is 18.3 Å². The second-order valence-corrected chi connectivity index (χ2v) is 3.06. The third-order valence-electron chi connectivity index (χ3n) is 1.92. The number of pyridine rings is 1. The average molecular weight is 234 g/mol. The van der Waals surface area contributed by atoms with Crippen LogP contribution in [0.15, 0.2) is 28.8 Å². The van der Waals surface area contributed by atoms with Crippen molar-refractivity contribution >= 4 is 6.09 Å². The number of carbonyl (C=O) groups excluding carboxylic acids is 1. The van der Waals surface area contributed by atoms with Gasteiger partial charge in [0.05, 0.1) is 13.7 Å². The molecule has 0 radical (unpaired) electrons. The van der Waals surface area contributed by atoms with Crippen molar-refractivity contribution in [3.63, 3.8) is 0 Å². The van der Waals surface area contributed by atoms with Crippen molar-refractivity contribution in [2.45, 2.75) is 6.54 Å². The van der Waals surface area contributed by atoms with Crippen LogP contribution in [0.4, 0.5) is 4.79 Å². The van der Waals surface area contributed by atoms with E-state index in [9.17, 15) is 4.79 Å². The van der Waals surface area contributed by atoms with Gasteiger partial charge in [-0.1, -0.05) is 6.07 Å². The van der Waals surface area contributed by atoms with Crippen molar-refractivity contribution in [3.8, 4) is 11.6 Å². The molecule has 0 aliphatic carbocycles. The highest BCUT2D eigenvalue weighted by Gasteiger charge is 2.09. The van der Waals surface area contributed by atoms with Crippen molar-refractivity contribution in [3.05, 3.63) is 30.3 Å². The second-order valence-electron chi connectivity index (χ2n) is 3.06. The Balaban J connectivity index is 2.04. The highest BCUT2D eigenvalue weighted by molar-refractivity contribution is 5.66. The fourth-order valence-electron chi connectivity index (χ4n) is 1.14. The molecule has 88 valence electrons. The van der Waals surface area contributed by atoms with Crippen LogP contribution in [0.1, 0.15) is 5.89 Å². The van der Waals surface area contributed by atoms with E-state index in [4.69, 9.17) is 4.42 Å². The summed E-state index contributed by atoms with van der Waals surface area (Å²) in [5.41, 5.74) is 0.587. The zero-order chi connectivity index (χ0) is 12.1. The molecule has 0 aliphatic heterocycles. The lowest BCUT2D eigenvalue weighted by Crippen LogP contribution is -2.22. The Kier molecular flexibility index (Phi) is 3.29. The number of nitrogens with one attached hydrogen (secondary N) is 1. The van der Waals surface area contributed by atoms with E-state index in [0.717, 1.165) is 0 Å². The van der Waals surface area contributed by atoms with Gasteiger partial charge >= 0.3 is 6.09 Å². The first-order valence-corrected chi connectivity index (χ1v) is 4.85. The van der Waals surface area contributed by atoms with Crippen LogP contribution in [-0.4, -0.2) is 28.4 Å². The number of alkyl carbamates (subject to hydrolysis) is 1. The number of carbonyl (C=O) groups is 1. The number of amides is 1. The molecule has 0 fully saturated rings. The van der Waals surface area contributed by atoms with E-state index in [2.05, 4.69) is 25.2 Å². The van der Waals surface area contributed by atoms with Crippen LogP contribution in [0.25, 0.3) is 11.6 Å². The summed E-state index contributed by atoms with van der Waals surface area (Å²) >= 11 is 0. The van der Waals surface area contributed by atoms with E-state index in [1.807, 2.05) is 6.07 Å². The number of hydrogen-bond donors (Lipinski definition) is 1. The fourth-order valence-corrected chi connectivity index (χ4v) is 1.14. The Labute approximate surface area is 96.8 Å². The standard InChI is InChI=1S/C10H10N4O3/c1-16-10(15)12-6-8-13-14-9(17-8)7-4-2-3-5-11-7/h2-5H,6H2,1H3,(H,12,15). The quantitative estimate of drug-likeness (QED) is 0.851. The van der Waals surface area contributed by atoms with Gasteiger partial charge in [-0.3, -0.25) is 4.98 Å². The topological polar surface area (TPSA) is 90.1 Å². The number of methoxy groups -OCH3 is 1. The third-order valence-corrected chi connectivity index (χ3v) is 1.92. The molecular weight excluding hydrogens is 224 g/mol. The lowest BCUT2D eigenvalue weighted by molar-refractivity contribution is 0.169. The highest BCUT2D eigenvalue weighted by atomic mass is 16.5. The second kappa shape index (κ2) is 5.06. The first-order chi connectivity index (χ1) is 8.29. The van der Waals surface area contributed by atoms with Crippen LogP contribution >= 0.6 is 0 Å². The zero-order valence-corrected chi connectivity index (χ0v) is 9.08. The maximum absolute atomic E-state index is 10.8. The van der Waals surface area contributed by atoms with Crippen LogP contribution in [0.3, 0.4) is 0 Å². The van der Waals surface area contributed by atoms with Gasteiger partial charge in [0.2, 0.25) is 5.89 Å². The maximum atomic E-state index is 10.8. The van der Waals surface area contributed by atoms with E-state index < -0.39 is 6.09 Å². The van der Waals surface area contributed by atoms with Crippen LogP contribution in [-0.2, 0) is 11.3 Å². The van der Waals surface area contributed by atoms with E-state index in [1.165, 1.54) is 7.11 Å². The summed E-state index contributed by atoms with van der Waals surface area (Å²) < 4.78 is 9.72. The van der Waals surface area contributed by atoms with Gasteiger partial charge in [-0.2, -0.15) is 0 Å². The molecule has 0 aliphatic rings. The minimum Gasteiger partial charge on any atom is -0.453 e. The van der Waals surface area contributed by atoms with Gasteiger partial charge in [-0.15, -0.1) is 10.2 Å². The Bertz CT molecular complexity index is 497. The molecule has 0 aromatic carbocycles. The molecule has 7 heteroatoms.